The molecule has 0 aliphatic carbocycles. The van der Waals surface area contributed by atoms with Gasteiger partial charge in [0.25, 0.3) is 0 Å². The number of methoxy groups -OCH3 is 1. The summed E-state index contributed by atoms with van der Waals surface area (Å²) < 4.78 is 4.70. The zero-order valence-corrected chi connectivity index (χ0v) is 14.0. The number of carbonyl (C=O) groups is 2. The molecule has 0 fully saturated rings. The Bertz CT molecular complexity index is 468. The number of benzene rings is 1. The lowest BCUT2D eigenvalue weighted by Crippen LogP contribution is -2.39. The third-order valence-electron chi connectivity index (χ3n) is 4.15. The predicted molar refractivity (Wildman–Crippen MR) is 87.3 cm³/mol. The Balaban J connectivity index is 2.94. The van der Waals surface area contributed by atoms with Crippen LogP contribution in [0, 0.1) is 5.92 Å². The first-order chi connectivity index (χ1) is 10.5. The van der Waals surface area contributed by atoms with Gasteiger partial charge in [-0.1, -0.05) is 44.2 Å². The van der Waals surface area contributed by atoms with Gasteiger partial charge in [0.15, 0.2) is 0 Å². The molecule has 0 radical (unpaired) electrons. The van der Waals surface area contributed by atoms with Gasteiger partial charge in [0.05, 0.1) is 19.6 Å². The number of hydrogen-bond donors (Lipinski definition) is 0. The van der Waals surface area contributed by atoms with Crippen LogP contribution in [0.5, 0.6) is 0 Å². The summed E-state index contributed by atoms with van der Waals surface area (Å²) in [7, 11) is 1.37. The molecule has 1 aromatic carbocycles. The first-order valence-electron chi connectivity index (χ1n) is 7.97. The van der Waals surface area contributed by atoms with E-state index in [4.69, 9.17) is 4.74 Å². The number of rotatable bonds is 8. The second-order valence-corrected chi connectivity index (χ2v) is 5.46. The molecule has 4 heteroatoms. The van der Waals surface area contributed by atoms with Crippen LogP contribution in [0.25, 0.3) is 0 Å². The van der Waals surface area contributed by atoms with E-state index in [1.807, 2.05) is 56.0 Å². The monoisotopic (exact) mass is 305 g/mol. The van der Waals surface area contributed by atoms with Crippen molar-refractivity contribution in [3.63, 3.8) is 0 Å². The second-order valence-electron chi connectivity index (χ2n) is 5.46. The van der Waals surface area contributed by atoms with Gasteiger partial charge in [-0.25, -0.2) is 0 Å². The van der Waals surface area contributed by atoms with Crippen LogP contribution in [-0.4, -0.2) is 30.4 Å². The highest BCUT2D eigenvalue weighted by Crippen LogP contribution is 2.24. The van der Waals surface area contributed by atoms with Gasteiger partial charge in [0.2, 0.25) is 5.91 Å². The number of nitrogens with zero attached hydrogens (tertiary/aromatic N) is 1. The van der Waals surface area contributed by atoms with Crippen molar-refractivity contribution in [2.45, 2.75) is 46.1 Å². The van der Waals surface area contributed by atoms with Crippen LogP contribution in [-0.2, 0) is 14.3 Å². The zero-order valence-electron chi connectivity index (χ0n) is 14.0. The van der Waals surface area contributed by atoms with Crippen LogP contribution < -0.4 is 0 Å². The molecule has 1 atom stereocenters. The summed E-state index contributed by atoms with van der Waals surface area (Å²) in [5, 5.41) is 0. The summed E-state index contributed by atoms with van der Waals surface area (Å²) in [5.41, 5.74) is 1.08. The van der Waals surface area contributed by atoms with Crippen molar-refractivity contribution in [1.82, 2.24) is 4.90 Å². The summed E-state index contributed by atoms with van der Waals surface area (Å²) in [5.74, 6) is -0.170. The van der Waals surface area contributed by atoms with E-state index in [1.165, 1.54) is 7.11 Å². The van der Waals surface area contributed by atoms with Crippen LogP contribution in [0.15, 0.2) is 30.3 Å². The van der Waals surface area contributed by atoms with Crippen LogP contribution in [0.4, 0.5) is 0 Å². The quantitative estimate of drug-likeness (QED) is 0.690. The van der Waals surface area contributed by atoms with Gasteiger partial charge in [0.1, 0.15) is 0 Å². The Morgan fingerprint density at radius 1 is 1.14 bits per heavy atom. The van der Waals surface area contributed by atoms with E-state index in [0.29, 0.717) is 6.54 Å². The van der Waals surface area contributed by atoms with E-state index >= 15 is 0 Å². The third-order valence-corrected chi connectivity index (χ3v) is 4.15. The Kier molecular flexibility index (Phi) is 7.64. The molecule has 4 nitrogen and oxygen atoms in total. The molecule has 1 unspecified atom stereocenters. The van der Waals surface area contributed by atoms with Crippen molar-refractivity contribution >= 4 is 11.9 Å². The van der Waals surface area contributed by atoms with Crippen molar-refractivity contribution in [2.75, 3.05) is 13.7 Å². The van der Waals surface area contributed by atoms with E-state index in [1.54, 1.807) is 0 Å². The van der Waals surface area contributed by atoms with E-state index in [9.17, 15) is 9.59 Å². The number of hydrogen-bond acceptors (Lipinski definition) is 3. The fourth-order valence-electron chi connectivity index (χ4n) is 2.59. The third kappa shape index (κ3) is 4.86. The van der Waals surface area contributed by atoms with Gasteiger partial charge in [-0.2, -0.15) is 0 Å². The molecule has 0 saturated heterocycles. The standard InChI is InChI=1S/C18H27NO3/c1-5-15(6-2)18(21)19(13-12-17(20)22-4)14(3)16-10-8-7-9-11-16/h7-11,14-15H,5-6,12-13H2,1-4H3. The minimum absolute atomic E-state index is 0.00353. The molecule has 0 saturated carbocycles. The maximum absolute atomic E-state index is 12.8. The average molecular weight is 305 g/mol. The zero-order chi connectivity index (χ0) is 16.5. The fourth-order valence-corrected chi connectivity index (χ4v) is 2.59. The number of esters is 1. The van der Waals surface area contributed by atoms with Crippen molar-refractivity contribution < 1.29 is 14.3 Å². The van der Waals surface area contributed by atoms with E-state index in [-0.39, 0.29) is 30.3 Å². The molecule has 122 valence electrons. The lowest BCUT2D eigenvalue weighted by molar-refractivity contribution is -0.143. The van der Waals surface area contributed by atoms with E-state index in [2.05, 4.69) is 0 Å². The Morgan fingerprint density at radius 3 is 2.23 bits per heavy atom. The summed E-state index contributed by atoms with van der Waals surface area (Å²) in [6, 6.07) is 9.85. The number of amides is 1. The molecule has 1 rings (SSSR count). The number of carbonyl (C=O) groups excluding carboxylic acids is 2. The van der Waals surface area contributed by atoms with Crippen molar-refractivity contribution in [3.8, 4) is 0 Å². The van der Waals surface area contributed by atoms with Gasteiger partial charge in [0, 0.05) is 12.5 Å². The van der Waals surface area contributed by atoms with Gasteiger partial charge in [-0.3, -0.25) is 9.59 Å². The van der Waals surface area contributed by atoms with Crippen molar-refractivity contribution in [3.05, 3.63) is 35.9 Å². The summed E-state index contributed by atoms with van der Waals surface area (Å²) >= 11 is 0. The van der Waals surface area contributed by atoms with Gasteiger partial charge in [-0.15, -0.1) is 0 Å². The summed E-state index contributed by atoms with van der Waals surface area (Å²) in [6.07, 6.45) is 1.84. The van der Waals surface area contributed by atoms with E-state index in [0.717, 1.165) is 18.4 Å². The molecule has 0 heterocycles. The largest absolute Gasteiger partial charge is 0.469 e. The average Bonchev–Trinajstić information content (AvgIpc) is 2.56. The minimum Gasteiger partial charge on any atom is -0.469 e. The topological polar surface area (TPSA) is 46.6 Å². The minimum atomic E-state index is -0.289. The fraction of sp³-hybridized carbons (Fsp3) is 0.556. The Hall–Kier alpha value is -1.84. The maximum Gasteiger partial charge on any atom is 0.307 e. The van der Waals surface area contributed by atoms with Crippen LogP contribution in [0.1, 0.15) is 51.6 Å². The SMILES string of the molecule is CCC(CC)C(=O)N(CCC(=O)OC)C(C)c1ccccc1. The highest BCUT2D eigenvalue weighted by Gasteiger charge is 2.26. The molecular formula is C18H27NO3. The normalized spacial score (nSPS) is 12.0. The lowest BCUT2D eigenvalue weighted by Gasteiger charge is -2.32. The molecule has 1 aromatic rings. The smallest absolute Gasteiger partial charge is 0.307 e. The maximum atomic E-state index is 12.8. The first-order valence-corrected chi connectivity index (χ1v) is 7.97. The Labute approximate surface area is 133 Å². The highest BCUT2D eigenvalue weighted by atomic mass is 16.5. The summed E-state index contributed by atoms with van der Waals surface area (Å²) in [6.45, 7) is 6.44. The molecular weight excluding hydrogens is 278 g/mol. The molecule has 1 amide bonds. The molecule has 0 N–H and O–H groups in total. The molecule has 0 aliphatic rings. The van der Waals surface area contributed by atoms with Crippen LogP contribution in [0.2, 0.25) is 0 Å². The van der Waals surface area contributed by atoms with Crippen LogP contribution in [0.3, 0.4) is 0 Å². The second kappa shape index (κ2) is 9.23. The molecule has 0 spiro atoms. The lowest BCUT2D eigenvalue weighted by atomic mass is 9.99. The van der Waals surface area contributed by atoms with Gasteiger partial charge in [-0.05, 0) is 25.3 Å². The van der Waals surface area contributed by atoms with Gasteiger partial charge < -0.3 is 9.64 Å². The molecule has 22 heavy (non-hydrogen) atoms. The highest BCUT2D eigenvalue weighted by molar-refractivity contribution is 5.80. The summed E-state index contributed by atoms with van der Waals surface area (Å²) in [4.78, 5) is 26.1. The molecule has 0 bridgehead atoms. The molecule has 0 aromatic heterocycles. The van der Waals surface area contributed by atoms with E-state index < -0.39 is 0 Å². The van der Waals surface area contributed by atoms with Crippen LogP contribution >= 0.6 is 0 Å². The van der Waals surface area contributed by atoms with Crippen molar-refractivity contribution in [2.24, 2.45) is 5.92 Å². The number of ether oxygens (including phenoxy) is 1. The Morgan fingerprint density at radius 2 is 1.73 bits per heavy atom. The first kappa shape index (κ1) is 18.2. The van der Waals surface area contributed by atoms with Gasteiger partial charge >= 0.3 is 5.97 Å². The predicted octanol–water partition coefficient (Wildman–Crippen LogP) is 3.58. The van der Waals surface area contributed by atoms with Crippen molar-refractivity contribution in [1.29, 1.82) is 0 Å². The molecule has 0 aliphatic heterocycles.